The number of hydrogen-bond donors (Lipinski definition) is 1. The van der Waals surface area contributed by atoms with E-state index in [4.69, 9.17) is 4.74 Å². The molecule has 1 N–H and O–H groups in total. The predicted octanol–water partition coefficient (Wildman–Crippen LogP) is 3.18. The smallest absolute Gasteiger partial charge is 0.251 e. The average Bonchev–Trinajstić information content (AvgIpc) is 3.08. The Kier molecular flexibility index (Phi) is 5.78. The van der Waals surface area contributed by atoms with Gasteiger partial charge >= 0.3 is 0 Å². The van der Waals surface area contributed by atoms with Crippen molar-refractivity contribution in [1.82, 2.24) is 20.3 Å². The van der Waals surface area contributed by atoms with Gasteiger partial charge in [0.05, 0.1) is 12.1 Å². The van der Waals surface area contributed by atoms with Crippen LogP contribution in [0.5, 0.6) is 5.75 Å². The first-order valence-corrected chi connectivity index (χ1v) is 8.67. The van der Waals surface area contributed by atoms with E-state index in [1.807, 2.05) is 13.0 Å². The van der Waals surface area contributed by atoms with E-state index in [2.05, 4.69) is 15.6 Å². The zero-order chi connectivity index (χ0) is 18.4. The second-order valence-corrected chi connectivity index (χ2v) is 5.87. The molecule has 0 aliphatic heterocycles. The van der Waals surface area contributed by atoms with Crippen LogP contribution in [0.1, 0.15) is 30.1 Å². The number of benzene rings is 2. The van der Waals surface area contributed by atoms with Crippen LogP contribution in [0.4, 0.5) is 4.39 Å². The van der Waals surface area contributed by atoms with Crippen molar-refractivity contribution in [3.8, 4) is 5.75 Å². The minimum absolute atomic E-state index is 0.127. The third kappa shape index (κ3) is 4.36. The number of rotatable bonds is 8. The molecule has 136 valence electrons. The van der Waals surface area contributed by atoms with Gasteiger partial charge in [-0.3, -0.25) is 4.79 Å². The molecule has 0 aliphatic rings. The van der Waals surface area contributed by atoms with E-state index in [-0.39, 0.29) is 11.7 Å². The van der Waals surface area contributed by atoms with E-state index in [0.29, 0.717) is 30.0 Å². The van der Waals surface area contributed by atoms with Crippen LogP contribution in [-0.4, -0.2) is 34.1 Å². The summed E-state index contributed by atoms with van der Waals surface area (Å²) in [5.74, 6) is 0.233. The largest absolute Gasteiger partial charge is 0.494 e. The SMILES string of the molecule is CCn1nnc2cc(C(=O)NCCCCOc3ccc(F)cc3)ccc21. The molecule has 1 amide bonds. The van der Waals surface area contributed by atoms with Gasteiger partial charge in [0.2, 0.25) is 0 Å². The normalized spacial score (nSPS) is 10.8. The summed E-state index contributed by atoms with van der Waals surface area (Å²) in [5.41, 5.74) is 2.21. The second kappa shape index (κ2) is 8.42. The van der Waals surface area contributed by atoms with Gasteiger partial charge in [-0.25, -0.2) is 9.07 Å². The molecule has 2 aromatic carbocycles. The van der Waals surface area contributed by atoms with Gasteiger partial charge in [-0.15, -0.1) is 5.10 Å². The molecule has 0 bridgehead atoms. The van der Waals surface area contributed by atoms with Crippen molar-refractivity contribution in [2.45, 2.75) is 26.3 Å². The highest BCUT2D eigenvalue weighted by Crippen LogP contribution is 2.14. The molecule has 0 atom stereocenters. The molecule has 3 rings (SSSR count). The zero-order valence-corrected chi connectivity index (χ0v) is 14.6. The quantitative estimate of drug-likeness (QED) is 0.630. The molecule has 0 saturated carbocycles. The summed E-state index contributed by atoms with van der Waals surface area (Å²) in [5, 5.41) is 11.0. The van der Waals surface area contributed by atoms with Crippen molar-refractivity contribution >= 4 is 16.9 Å². The first-order valence-electron chi connectivity index (χ1n) is 8.67. The monoisotopic (exact) mass is 356 g/mol. The van der Waals surface area contributed by atoms with Gasteiger partial charge in [0, 0.05) is 18.7 Å². The van der Waals surface area contributed by atoms with Gasteiger partial charge in [0.1, 0.15) is 17.1 Å². The fourth-order valence-corrected chi connectivity index (χ4v) is 2.60. The maximum atomic E-state index is 12.8. The van der Waals surface area contributed by atoms with Crippen LogP contribution < -0.4 is 10.1 Å². The van der Waals surface area contributed by atoms with E-state index in [1.54, 1.807) is 28.9 Å². The van der Waals surface area contributed by atoms with E-state index < -0.39 is 0 Å². The molecule has 0 aliphatic carbocycles. The molecule has 6 nitrogen and oxygen atoms in total. The third-order valence-electron chi connectivity index (χ3n) is 4.01. The summed E-state index contributed by atoms with van der Waals surface area (Å²) >= 11 is 0. The van der Waals surface area contributed by atoms with Crippen molar-refractivity contribution in [3.63, 3.8) is 0 Å². The summed E-state index contributed by atoms with van der Waals surface area (Å²) in [6, 6.07) is 11.3. The summed E-state index contributed by atoms with van der Waals surface area (Å²) in [6.45, 7) is 3.81. The number of nitrogens with zero attached hydrogens (tertiary/aromatic N) is 3. The predicted molar refractivity (Wildman–Crippen MR) is 96.7 cm³/mol. The molecule has 0 unspecified atom stereocenters. The lowest BCUT2D eigenvalue weighted by molar-refractivity contribution is 0.0952. The lowest BCUT2D eigenvalue weighted by Crippen LogP contribution is -2.24. The number of nitrogens with one attached hydrogen (secondary N) is 1. The first-order chi connectivity index (χ1) is 12.7. The average molecular weight is 356 g/mol. The Balaban J connectivity index is 1.40. The molecule has 0 spiro atoms. The van der Waals surface area contributed by atoms with Crippen LogP contribution in [0.15, 0.2) is 42.5 Å². The summed E-state index contributed by atoms with van der Waals surface area (Å²) in [6.07, 6.45) is 1.59. The fourth-order valence-electron chi connectivity index (χ4n) is 2.60. The standard InChI is InChI=1S/C19H21FN4O2/c1-2-24-18-10-5-14(13-17(18)22-23-24)19(25)21-11-3-4-12-26-16-8-6-15(20)7-9-16/h5-10,13H,2-4,11-12H2,1H3,(H,21,25). The van der Waals surface area contributed by atoms with Crippen LogP contribution >= 0.6 is 0 Å². The minimum Gasteiger partial charge on any atom is -0.494 e. The molecular formula is C19H21FN4O2. The number of amides is 1. The van der Waals surface area contributed by atoms with Gasteiger partial charge in [0.25, 0.3) is 5.91 Å². The van der Waals surface area contributed by atoms with Crippen molar-refractivity contribution in [3.05, 3.63) is 53.8 Å². The number of ether oxygens (including phenoxy) is 1. The third-order valence-corrected chi connectivity index (χ3v) is 4.01. The van der Waals surface area contributed by atoms with Gasteiger partial charge in [-0.05, 0) is 62.2 Å². The zero-order valence-electron chi connectivity index (χ0n) is 14.6. The van der Waals surface area contributed by atoms with Crippen LogP contribution in [-0.2, 0) is 6.54 Å². The molecule has 0 radical (unpaired) electrons. The number of carbonyl (C=O) groups is 1. The van der Waals surface area contributed by atoms with Crippen molar-refractivity contribution in [2.24, 2.45) is 0 Å². The number of aryl methyl sites for hydroxylation is 1. The van der Waals surface area contributed by atoms with Gasteiger partial charge < -0.3 is 10.1 Å². The lowest BCUT2D eigenvalue weighted by Gasteiger charge is -2.07. The number of hydrogen-bond acceptors (Lipinski definition) is 4. The van der Waals surface area contributed by atoms with E-state index >= 15 is 0 Å². The Hall–Kier alpha value is -2.96. The Bertz CT molecular complexity index is 877. The summed E-state index contributed by atoms with van der Waals surface area (Å²) < 4.78 is 20.1. The molecule has 0 fully saturated rings. The topological polar surface area (TPSA) is 69.0 Å². The Morgan fingerprint density at radius 3 is 2.77 bits per heavy atom. The maximum absolute atomic E-state index is 12.8. The van der Waals surface area contributed by atoms with Crippen molar-refractivity contribution in [1.29, 1.82) is 0 Å². The Morgan fingerprint density at radius 2 is 2.00 bits per heavy atom. The molecule has 3 aromatic rings. The van der Waals surface area contributed by atoms with E-state index in [0.717, 1.165) is 24.9 Å². The van der Waals surface area contributed by atoms with E-state index in [9.17, 15) is 9.18 Å². The van der Waals surface area contributed by atoms with Gasteiger partial charge in [-0.2, -0.15) is 0 Å². The maximum Gasteiger partial charge on any atom is 0.251 e. The number of unbranched alkanes of at least 4 members (excludes halogenated alkanes) is 1. The van der Waals surface area contributed by atoms with Crippen molar-refractivity contribution < 1.29 is 13.9 Å². The molecule has 26 heavy (non-hydrogen) atoms. The number of fused-ring (bicyclic) bond motifs is 1. The Labute approximate surface area is 151 Å². The Morgan fingerprint density at radius 1 is 1.19 bits per heavy atom. The van der Waals surface area contributed by atoms with Crippen LogP contribution in [0.3, 0.4) is 0 Å². The van der Waals surface area contributed by atoms with Crippen LogP contribution in [0, 0.1) is 5.82 Å². The number of aromatic nitrogens is 3. The molecule has 7 heteroatoms. The number of carbonyl (C=O) groups excluding carboxylic acids is 1. The number of halogens is 1. The highest BCUT2D eigenvalue weighted by Gasteiger charge is 2.09. The second-order valence-electron chi connectivity index (χ2n) is 5.87. The van der Waals surface area contributed by atoms with E-state index in [1.165, 1.54) is 12.1 Å². The van der Waals surface area contributed by atoms with Crippen molar-refractivity contribution in [2.75, 3.05) is 13.2 Å². The minimum atomic E-state index is -0.282. The molecule has 0 saturated heterocycles. The fraction of sp³-hybridized carbons (Fsp3) is 0.316. The highest BCUT2D eigenvalue weighted by molar-refractivity contribution is 5.97. The molecular weight excluding hydrogens is 335 g/mol. The summed E-state index contributed by atoms with van der Waals surface area (Å²) in [7, 11) is 0. The first kappa shape index (κ1) is 17.8. The lowest BCUT2D eigenvalue weighted by atomic mass is 10.2. The van der Waals surface area contributed by atoms with Crippen LogP contribution in [0.25, 0.3) is 11.0 Å². The highest BCUT2D eigenvalue weighted by atomic mass is 19.1. The molecule has 1 aromatic heterocycles. The molecule has 1 heterocycles. The summed E-state index contributed by atoms with van der Waals surface area (Å²) in [4.78, 5) is 12.2. The van der Waals surface area contributed by atoms with Gasteiger partial charge in [-0.1, -0.05) is 5.21 Å². The van der Waals surface area contributed by atoms with Gasteiger partial charge in [0.15, 0.2) is 0 Å². The van der Waals surface area contributed by atoms with Crippen LogP contribution in [0.2, 0.25) is 0 Å².